The van der Waals surface area contributed by atoms with Crippen LogP contribution in [-0.2, 0) is 19.4 Å². The number of para-hydroxylation sites is 1. The third-order valence-electron chi connectivity index (χ3n) is 3.91. The second-order valence-corrected chi connectivity index (χ2v) is 6.71. The molecule has 2 nitrogen and oxygen atoms in total. The lowest BCUT2D eigenvalue weighted by molar-refractivity contribution is 0.485. The van der Waals surface area contributed by atoms with Gasteiger partial charge in [0.25, 0.3) is 0 Å². The van der Waals surface area contributed by atoms with E-state index in [9.17, 15) is 0 Å². The van der Waals surface area contributed by atoms with E-state index < -0.39 is 0 Å². The van der Waals surface area contributed by atoms with Gasteiger partial charge >= 0.3 is 0 Å². The number of hydrogen-bond donors (Lipinski definition) is 2. The fourth-order valence-electron chi connectivity index (χ4n) is 2.76. The Bertz CT molecular complexity index is 562. The van der Waals surface area contributed by atoms with Gasteiger partial charge in [0.15, 0.2) is 0 Å². The standard InChI is InChI=1S/C17H22N2S/c1-2-15-7-8-16(20-15)12-18-10-13-9-14-5-3-4-6-17(14)19-11-13/h3-8,13,18-19H,2,9-12H2,1H3. The molecule has 0 saturated carbocycles. The molecule has 1 aliphatic heterocycles. The van der Waals surface area contributed by atoms with Crippen molar-refractivity contribution in [1.29, 1.82) is 0 Å². The molecular weight excluding hydrogens is 264 g/mol. The number of hydrogen-bond acceptors (Lipinski definition) is 3. The molecule has 0 bridgehead atoms. The fourth-order valence-corrected chi connectivity index (χ4v) is 3.69. The largest absolute Gasteiger partial charge is 0.384 e. The predicted octanol–water partition coefficient (Wildman–Crippen LogP) is 3.68. The first-order valence-electron chi connectivity index (χ1n) is 7.45. The maximum Gasteiger partial charge on any atom is 0.0372 e. The summed E-state index contributed by atoms with van der Waals surface area (Å²) in [6.07, 6.45) is 2.33. The Morgan fingerprint density at radius 1 is 1.20 bits per heavy atom. The molecule has 20 heavy (non-hydrogen) atoms. The zero-order valence-electron chi connectivity index (χ0n) is 12.0. The van der Waals surface area contributed by atoms with Crippen LogP contribution in [0.3, 0.4) is 0 Å². The monoisotopic (exact) mass is 286 g/mol. The molecule has 2 heterocycles. The van der Waals surface area contributed by atoms with Gasteiger partial charge in [-0.15, -0.1) is 11.3 Å². The molecule has 1 aromatic carbocycles. The van der Waals surface area contributed by atoms with Crippen LogP contribution in [-0.4, -0.2) is 13.1 Å². The van der Waals surface area contributed by atoms with E-state index in [1.54, 1.807) is 0 Å². The summed E-state index contributed by atoms with van der Waals surface area (Å²) >= 11 is 1.93. The van der Waals surface area contributed by atoms with Gasteiger partial charge in [-0.2, -0.15) is 0 Å². The molecule has 0 amide bonds. The average molecular weight is 286 g/mol. The quantitative estimate of drug-likeness (QED) is 0.876. The van der Waals surface area contributed by atoms with E-state index in [1.807, 2.05) is 11.3 Å². The maximum absolute atomic E-state index is 3.61. The molecule has 3 rings (SSSR count). The van der Waals surface area contributed by atoms with Gasteiger partial charge in [0.05, 0.1) is 0 Å². The van der Waals surface area contributed by atoms with Gasteiger partial charge in [-0.1, -0.05) is 25.1 Å². The Kier molecular flexibility index (Phi) is 4.38. The first kappa shape index (κ1) is 13.7. The molecule has 0 radical (unpaired) electrons. The highest BCUT2D eigenvalue weighted by atomic mass is 32.1. The van der Waals surface area contributed by atoms with Crippen molar-refractivity contribution in [2.24, 2.45) is 5.92 Å². The molecule has 1 atom stereocenters. The second kappa shape index (κ2) is 6.42. The summed E-state index contributed by atoms with van der Waals surface area (Å²) < 4.78 is 0. The zero-order valence-corrected chi connectivity index (χ0v) is 12.8. The normalized spacial score (nSPS) is 17.6. The van der Waals surface area contributed by atoms with E-state index in [0.717, 1.165) is 26.1 Å². The van der Waals surface area contributed by atoms with Crippen molar-refractivity contribution in [3.8, 4) is 0 Å². The Balaban J connectivity index is 1.48. The van der Waals surface area contributed by atoms with Crippen molar-refractivity contribution >= 4 is 17.0 Å². The van der Waals surface area contributed by atoms with Crippen molar-refractivity contribution in [2.45, 2.75) is 26.3 Å². The Labute approximate surface area is 125 Å². The van der Waals surface area contributed by atoms with E-state index in [-0.39, 0.29) is 0 Å². The van der Waals surface area contributed by atoms with Gasteiger partial charge in [0, 0.05) is 35.1 Å². The molecule has 0 saturated heterocycles. The second-order valence-electron chi connectivity index (χ2n) is 5.46. The molecule has 3 heteroatoms. The molecule has 2 N–H and O–H groups in total. The van der Waals surface area contributed by atoms with Crippen LogP contribution in [0.25, 0.3) is 0 Å². The van der Waals surface area contributed by atoms with Gasteiger partial charge in [-0.05, 0) is 42.5 Å². The van der Waals surface area contributed by atoms with E-state index in [2.05, 4.69) is 54.0 Å². The van der Waals surface area contributed by atoms with Crippen LogP contribution in [0.15, 0.2) is 36.4 Å². The summed E-state index contributed by atoms with van der Waals surface area (Å²) in [6, 6.07) is 13.2. The first-order chi connectivity index (χ1) is 9.85. The Morgan fingerprint density at radius 2 is 2.05 bits per heavy atom. The van der Waals surface area contributed by atoms with Crippen molar-refractivity contribution in [2.75, 3.05) is 18.4 Å². The molecule has 0 spiro atoms. The molecule has 0 aliphatic carbocycles. The van der Waals surface area contributed by atoms with E-state index in [0.29, 0.717) is 5.92 Å². The minimum Gasteiger partial charge on any atom is -0.384 e. The Hall–Kier alpha value is -1.32. The number of benzene rings is 1. The number of thiophene rings is 1. The van der Waals surface area contributed by atoms with Crippen molar-refractivity contribution in [3.05, 3.63) is 51.7 Å². The molecule has 2 aromatic rings. The molecule has 106 valence electrons. The van der Waals surface area contributed by atoms with Crippen LogP contribution in [0.2, 0.25) is 0 Å². The van der Waals surface area contributed by atoms with E-state index in [4.69, 9.17) is 0 Å². The molecular formula is C17H22N2S. The third kappa shape index (κ3) is 3.22. The van der Waals surface area contributed by atoms with Crippen LogP contribution in [0, 0.1) is 5.92 Å². The molecule has 1 aromatic heterocycles. The highest BCUT2D eigenvalue weighted by molar-refractivity contribution is 7.11. The van der Waals surface area contributed by atoms with Crippen LogP contribution >= 0.6 is 11.3 Å². The number of fused-ring (bicyclic) bond motifs is 1. The topological polar surface area (TPSA) is 24.1 Å². The smallest absolute Gasteiger partial charge is 0.0372 e. The molecule has 0 fully saturated rings. The maximum atomic E-state index is 3.61. The number of nitrogens with one attached hydrogen (secondary N) is 2. The van der Waals surface area contributed by atoms with Crippen molar-refractivity contribution in [3.63, 3.8) is 0 Å². The van der Waals surface area contributed by atoms with Crippen LogP contribution in [0.5, 0.6) is 0 Å². The summed E-state index contributed by atoms with van der Waals surface area (Å²) in [7, 11) is 0. The lowest BCUT2D eigenvalue weighted by atomic mass is 9.94. The zero-order chi connectivity index (χ0) is 13.8. The Morgan fingerprint density at radius 3 is 2.90 bits per heavy atom. The molecule has 1 unspecified atom stereocenters. The fraction of sp³-hybridized carbons (Fsp3) is 0.412. The summed E-state index contributed by atoms with van der Waals surface area (Å²) in [4.78, 5) is 2.93. The van der Waals surface area contributed by atoms with Crippen LogP contribution in [0.1, 0.15) is 22.2 Å². The average Bonchev–Trinajstić information content (AvgIpc) is 2.95. The summed E-state index contributed by atoms with van der Waals surface area (Å²) in [5.41, 5.74) is 2.77. The van der Waals surface area contributed by atoms with Gasteiger partial charge in [0.1, 0.15) is 0 Å². The first-order valence-corrected chi connectivity index (χ1v) is 8.27. The third-order valence-corrected chi connectivity index (χ3v) is 5.13. The summed E-state index contributed by atoms with van der Waals surface area (Å²) in [5, 5.41) is 7.15. The van der Waals surface area contributed by atoms with Gasteiger partial charge < -0.3 is 10.6 Å². The van der Waals surface area contributed by atoms with E-state index >= 15 is 0 Å². The lowest BCUT2D eigenvalue weighted by Crippen LogP contribution is -2.32. The highest BCUT2D eigenvalue weighted by Crippen LogP contribution is 2.24. The van der Waals surface area contributed by atoms with Crippen LogP contribution in [0.4, 0.5) is 5.69 Å². The minimum absolute atomic E-state index is 0.690. The summed E-state index contributed by atoms with van der Waals surface area (Å²) in [5.74, 6) is 0.690. The van der Waals surface area contributed by atoms with Crippen molar-refractivity contribution < 1.29 is 0 Å². The highest BCUT2D eigenvalue weighted by Gasteiger charge is 2.17. The lowest BCUT2D eigenvalue weighted by Gasteiger charge is -2.26. The SMILES string of the molecule is CCc1ccc(CNCC2CNc3ccccc3C2)s1. The van der Waals surface area contributed by atoms with Gasteiger partial charge in [-0.25, -0.2) is 0 Å². The number of anilines is 1. The summed E-state index contributed by atoms with van der Waals surface area (Å²) in [6.45, 7) is 5.38. The predicted molar refractivity (Wildman–Crippen MR) is 87.5 cm³/mol. The van der Waals surface area contributed by atoms with Crippen LogP contribution < -0.4 is 10.6 Å². The molecule has 1 aliphatic rings. The van der Waals surface area contributed by atoms with E-state index in [1.165, 1.54) is 27.4 Å². The minimum atomic E-state index is 0.690. The van der Waals surface area contributed by atoms with Gasteiger partial charge in [-0.3, -0.25) is 0 Å². The van der Waals surface area contributed by atoms with Crippen molar-refractivity contribution in [1.82, 2.24) is 5.32 Å². The number of rotatable bonds is 5. The van der Waals surface area contributed by atoms with Gasteiger partial charge in [0.2, 0.25) is 0 Å². The number of aryl methyl sites for hydroxylation is 1.